The summed E-state index contributed by atoms with van der Waals surface area (Å²) in [6.45, 7) is 2.00. The third-order valence-corrected chi connectivity index (χ3v) is 4.17. The van der Waals surface area contributed by atoms with Crippen molar-refractivity contribution in [2.75, 3.05) is 7.05 Å². The zero-order valence-corrected chi connectivity index (χ0v) is 12.3. The maximum Gasteiger partial charge on any atom is 0.226 e. The van der Waals surface area contributed by atoms with Crippen molar-refractivity contribution in [1.29, 1.82) is 5.26 Å². The van der Waals surface area contributed by atoms with Crippen LogP contribution in [0.5, 0.6) is 0 Å². The normalized spacial score (nSPS) is 17.2. The number of carbonyl (C=O) groups is 1. The first-order chi connectivity index (χ1) is 9.63. The van der Waals surface area contributed by atoms with Gasteiger partial charge in [-0.2, -0.15) is 5.26 Å². The number of benzene rings is 1. The standard InChI is InChI=1S/C17H22N2O/c1-13-7-6-10-15(11-13)16(12-18)19(2)17(20)14-8-4-3-5-9-14/h6-7,10-11,14,16H,3-5,8-9H2,1-2H3. The Kier molecular flexibility index (Phi) is 4.79. The lowest BCUT2D eigenvalue weighted by molar-refractivity contribution is -0.136. The van der Waals surface area contributed by atoms with Gasteiger partial charge in [0.2, 0.25) is 5.91 Å². The van der Waals surface area contributed by atoms with E-state index < -0.39 is 6.04 Å². The molecule has 1 unspecified atom stereocenters. The summed E-state index contributed by atoms with van der Waals surface area (Å²) in [6, 6.07) is 9.63. The van der Waals surface area contributed by atoms with Crippen LogP contribution < -0.4 is 0 Å². The van der Waals surface area contributed by atoms with E-state index >= 15 is 0 Å². The van der Waals surface area contributed by atoms with Crippen LogP contribution in [-0.2, 0) is 4.79 Å². The summed E-state index contributed by atoms with van der Waals surface area (Å²) in [5.41, 5.74) is 2.01. The van der Waals surface area contributed by atoms with Gasteiger partial charge < -0.3 is 4.90 Å². The van der Waals surface area contributed by atoms with E-state index in [0.29, 0.717) is 0 Å². The number of aryl methyl sites for hydroxylation is 1. The second-order valence-electron chi connectivity index (χ2n) is 5.73. The van der Waals surface area contributed by atoms with Crippen LogP contribution in [0.2, 0.25) is 0 Å². The lowest BCUT2D eigenvalue weighted by Crippen LogP contribution is -2.36. The highest BCUT2D eigenvalue weighted by atomic mass is 16.2. The molecule has 0 N–H and O–H groups in total. The number of hydrogen-bond donors (Lipinski definition) is 0. The van der Waals surface area contributed by atoms with Crippen LogP contribution in [0.1, 0.15) is 49.3 Å². The molecular weight excluding hydrogens is 248 g/mol. The SMILES string of the molecule is Cc1cccc(C(C#N)N(C)C(=O)C2CCCCC2)c1. The van der Waals surface area contributed by atoms with Crippen molar-refractivity contribution in [2.45, 2.75) is 45.1 Å². The number of carbonyl (C=O) groups excluding carboxylic acids is 1. The van der Waals surface area contributed by atoms with Crippen molar-refractivity contribution in [3.8, 4) is 6.07 Å². The summed E-state index contributed by atoms with van der Waals surface area (Å²) < 4.78 is 0. The van der Waals surface area contributed by atoms with Crippen LogP contribution in [0.25, 0.3) is 0 Å². The van der Waals surface area contributed by atoms with Crippen LogP contribution in [0, 0.1) is 24.2 Å². The van der Waals surface area contributed by atoms with Crippen LogP contribution in [0.3, 0.4) is 0 Å². The molecule has 1 aliphatic rings. The fourth-order valence-electron chi connectivity index (χ4n) is 2.99. The van der Waals surface area contributed by atoms with Crippen LogP contribution >= 0.6 is 0 Å². The summed E-state index contributed by atoms with van der Waals surface area (Å²) in [6.07, 6.45) is 5.43. The molecule has 1 aromatic carbocycles. The van der Waals surface area contributed by atoms with E-state index in [1.54, 1.807) is 11.9 Å². The molecule has 0 bridgehead atoms. The summed E-state index contributed by atoms with van der Waals surface area (Å²) in [4.78, 5) is 14.2. The molecule has 1 aromatic rings. The topological polar surface area (TPSA) is 44.1 Å². The van der Waals surface area contributed by atoms with Crippen molar-refractivity contribution < 1.29 is 4.79 Å². The summed E-state index contributed by atoms with van der Waals surface area (Å²) in [5, 5.41) is 9.44. The summed E-state index contributed by atoms with van der Waals surface area (Å²) in [5.74, 6) is 0.229. The van der Waals surface area contributed by atoms with Gasteiger partial charge in [0, 0.05) is 13.0 Å². The summed E-state index contributed by atoms with van der Waals surface area (Å²) in [7, 11) is 1.76. The quantitative estimate of drug-likeness (QED) is 0.842. The number of hydrogen-bond acceptors (Lipinski definition) is 2. The molecule has 0 heterocycles. The number of rotatable bonds is 3. The van der Waals surface area contributed by atoms with Gasteiger partial charge in [-0.15, -0.1) is 0 Å². The van der Waals surface area contributed by atoms with Crippen LogP contribution in [0.4, 0.5) is 0 Å². The Bertz CT molecular complexity index is 512. The Morgan fingerprint density at radius 1 is 1.35 bits per heavy atom. The Hall–Kier alpha value is -1.82. The van der Waals surface area contributed by atoms with Gasteiger partial charge in [-0.25, -0.2) is 0 Å². The third kappa shape index (κ3) is 3.19. The molecule has 0 radical (unpaired) electrons. The minimum atomic E-state index is -0.482. The average Bonchev–Trinajstić information content (AvgIpc) is 2.48. The predicted molar refractivity (Wildman–Crippen MR) is 78.9 cm³/mol. The predicted octanol–water partition coefficient (Wildman–Crippen LogP) is 3.60. The van der Waals surface area contributed by atoms with Gasteiger partial charge >= 0.3 is 0 Å². The molecule has 0 spiro atoms. The minimum Gasteiger partial charge on any atom is -0.326 e. The van der Waals surface area contributed by atoms with Gasteiger partial charge in [-0.05, 0) is 25.3 Å². The molecule has 3 heteroatoms. The molecule has 1 amide bonds. The van der Waals surface area contributed by atoms with E-state index in [0.717, 1.165) is 36.8 Å². The Labute approximate surface area is 121 Å². The zero-order valence-electron chi connectivity index (χ0n) is 12.3. The Morgan fingerprint density at radius 2 is 2.05 bits per heavy atom. The highest BCUT2D eigenvalue weighted by molar-refractivity contribution is 5.79. The monoisotopic (exact) mass is 270 g/mol. The smallest absolute Gasteiger partial charge is 0.226 e. The fraction of sp³-hybridized carbons (Fsp3) is 0.529. The minimum absolute atomic E-state index is 0.106. The molecular formula is C17H22N2O. The van der Waals surface area contributed by atoms with E-state index in [2.05, 4.69) is 6.07 Å². The summed E-state index contributed by atoms with van der Waals surface area (Å²) >= 11 is 0. The van der Waals surface area contributed by atoms with E-state index in [-0.39, 0.29) is 11.8 Å². The molecule has 1 saturated carbocycles. The first-order valence-corrected chi connectivity index (χ1v) is 7.36. The molecule has 106 valence electrons. The van der Waals surface area contributed by atoms with Gasteiger partial charge in [0.1, 0.15) is 6.04 Å². The second-order valence-corrected chi connectivity index (χ2v) is 5.73. The van der Waals surface area contributed by atoms with E-state index in [4.69, 9.17) is 0 Å². The second kappa shape index (κ2) is 6.56. The molecule has 0 aliphatic heterocycles. The van der Waals surface area contributed by atoms with E-state index in [1.165, 1.54) is 6.42 Å². The molecule has 1 atom stereocenters. The van der Waals surface area contributed by atoms with Crippen molar-refractivity contribution in [3.05, 3.63) is 35.4 Å². The fourth-order valence-corrected chi connectivity index (χ4v) is 2.99. The largest absolute Gasteiger partial charge is 0.326 e. The highest BCUT2D eigenvalue weighted by Gasteiger charge is 2.28. The first-order valence-electron chi connectivity index (χ1n) is 7.36. The molecule has 1 aliphatic carbocycles. The highest BCUT2D eigenvalue weighted by Crippen LogP contribution is 2.28. The number of amides is 1. The maximum atomic E-state index is 12.5. The average molecular weight is 270 g/mol. The number of nitrogens with zero attached hydrogens (tertiary/aromatic N) is 2. The Balaban J connectivity index is 2.14. The molecule has 1 fully saturated rings. The lowest BCUT2D eigenvalue weighted by atomic mass is 9.88. The van der Waals surface area contributed by atoms with Gasteiger partial charge in [0.15, 0.2) is 0 Å². The van der Waals surface area contributed by atoms with Gasteiger partial charge in [0.25, 0.3) is 0 Å². The van der Waals surface area contributed by atoms with Crippen molar-refractivity contribution in [1.82, 2.24) is 4.90 Å². The first kappa shape index (κ1) is 14.6. The maximum absolute atomic E-state index is 12.5. The van der Waals surface area contributed by atoms with Gasteiger partial charge in [0.05, 0.1) is 6.07 Å². The molecule has 2 rings (SSSR count). The molecule has 3 nitrogen and oxygen atoms in total. The van der Waals surface area contributed by atoms with Crippen molar-refractivity contribution in [3.63, 3.8) is 0 Å². The lowest BCUT2D eigenvalue weighted by Gasteiger charge is -2.29. The van der Waals surface area contributed by atoms with Crippen LogP contribution in [0.15, 0.2) is 24.3 Å². The third-order valence-electron chi connectivity index (χ3n) is 4.17. The van der Waals surface area contributed by atoms with Crippen LogP contribution in [-0.4, -0.2) is 17.9 Å². The van der Waals surface area contributed by atoms with Crippen molar-refractivity contribution >= 4 is 5.91 Å². The van der Waals surface area contributed by atoms with E-state index in [1.807, 2.05) is 31.2 Å². The number of nitriles is 1. The van der Waals surface area contributed by atoms with Gasteiger partial charge in [-0.3, -0.25) is 4.79 Å². The molecule has 0 saturated heterocycles. The Morgan fingerprint density at radius 3 is 2.65 bits per heavy atom. The van der Waals surface area contributed by atoms with E-state index in [9.17, 15) is 10.1 Å². The molecule has 0 aromatic heterocycles. The van der Waals surface area contributed by atoms with Gasteiger partial charge in [-0.1, -0.05) is 49.1 Å². The van der Waals surface area contributed by atoms with Crippen molar-refractivity contribution in [2.24, 2.45) is 5.92 Å². The molecule has 20 heavy (non-hydrogen) atoms. The zero-order chi connectivity index (χ0) is 14.5.